The zero-order valence-electron chi connectivity index (χ0n) is 13.5. The quantitative estimate of drug-likeness (QED) is 0.652. The first kappa shape index (κ1) is 20.5. The maximum atomic E-state index is 5.67. The van der Waals surface area contributed by atoms with E-state index in [1.165, 1.54) is 38.6 Å². The Hall–Kier alpha value is -0.566. The summed E-state index contributed by atoms with van der Waals surface area (Å²) in [4.78, 5) is 0. The van der Waals surface area contributed by atoms with Crippen LogP contribution < -0.4 is 24.8 Å². The minimum atomic E-state index is 0. The molecule has 4 heteroatoms. The van der Waals surface area contributed by atoms with Gasteiger partial charge in [-0.05, 0) is 0 Å². The van der Waals surface area contributed by atoms with Crippen molar-refractivity contribution in [2.75, 3.05) is 0 Å². The molecule has 3 rings (SSSR count). The minimum absolute atomic E-state index is 0. The average Bonchev–Trinajstić information content (AvgIpc) is 2.85. The van der Waals surface area contributed by atoms with E-state index in [-0.39, 0.29) is 30.9 Å². The largest absolute Gasteiger partial charge is 1.00 e. The summed E-state index contributed by atoms with van der Waals surface area (Å²) in [5.41, 5.74) is 6.91. The van der Waals surface area contributed by atoms with Crippen molar-refractivity contribution >= 4 is 16.3 Å². The fourth-order valence-electron chi connectivity index (χ4n) is 3.17. The van der Waals surface area contributed by atoms with Gasteiger partial charge in [-0.15, -0.1) is 0 Å². The molecule has 0 N–H and O–H groups in total. The second-order valence-electron chi connectivity index (χ2n) is 5.70. The molecule has 1 nitrogen and oxygen atoms in total. The summed E-state index contributed by atoms with van der Waals surface area (Å²) in [7, 11) is 0. The molecule has 0 aromatic heterocycles. The minimum Gasteiger partial charge on any atom is -1.00 e. The second kappa shape index (κ2) is 8.51. The zero-order valence-corrected chi connectivity index (χ0v) is 16.6. The predicted octanol–water partition coefficient (Wildman–Crippen LogP) is -0.489. The van der Waals surface area contributed by atoms with E-state index in [1.54, 1.807) is 20.8 Å². The van der Waals surface area contributed by atoms with E-state index in [1.807, 2.05) is 0 Å². The van der Waals surface area contributed by atoms with E-state index < -0.39 is 0 Å². The molecule has 0 saturated carbocycles. The van der Waals surface area contributed by atoms with Crippen LogP contribution in [0.5, 0.6) is 0 Å². The topological polar surface area (TPSA) is 9.23 Å². The van der Waals surface area contributed by atoms with Crippen LogP contribution in [-0.2, 0) is 24.1 Å². The molecule has 0 amide bonds. The molecular weight excluding hydrogens is 363 g/mol. The van der Waals surface area contributed by atoms with Gasteiger partial charge in [-0.2, -0.15) is 0 Å². The molecule has 0 radical (unpaired) electrons. The first-order chi connectivity index (χ1) is 10.1. The van der Waals surface area contributed by atoms with Gasteiger partial charge in [0.05, 0.1) is 0 Å². The number of allylic oxidation sites excluding steroid dienone is 4. The molecule has 2 aromatic carbocycles. The Morgan fingerprint density at radius 1 is 1.04 bits per heavy atom. The smallest absolute Gasteiger partial charge is 1.00 e. The van der Waals surface area contributed by atoms with E-state index >= 15 is 0 Å². The summed E-state index contributed by atoms with van der Waals surface area (Å²) in [5.74, 6) is 0. The average molecular weight is 382 g/mol. The van der Waals surface area contributed by atoms with Crippen molar-refractivity contribution < 1.29 is 49.0 Å². The first-order valence-electron chi connectivity index (χ1n) is 7.34. The van der Waals surface area contributed by atoms with E-state index in [0.29, 0.717) is 0 Å². The van der Waals surface area contributed by atoms with E-state index in [0.717, 1.165) is 6.42 Å². The van der Waals surface area contributed by atoms with Gasteiger partial charge in [0, 0.05) is 0 Å². The standard InChI is InChI=1S/C19H19O.2ClH.Ti/c1-12-8-10-16(13(12)2)18-11-9-15-6-4-5-7-17(15)19(18)14(3)20;;;/h4-9,11,14H,10H2,1-3H3;2*1H;/q-1;;;+3/p-2. The van der Waals surface area contributed by atoms with Crippen LogP contribution in [0.3, 0.4) is 0 Å². The summed E-state index contributed by atoms with van der Waals surface area (Å²) in [6.07, 6.45) is 3.44. The normalized spacial score (nSPS) is 15.1. The number of hydrogen-bond donors (Lipinski definition) is 0. The Balaban J connectivity index is 0.00000132. The third-order valence-corrected chi connectivity index (χ3v) is 5.09. The van der Waals surface area contributed by atoms with Crippen molar-refractivity contribution in [3.8, 4) is 0 Å². The first-order valence-corrected chi connectivity index (χ1v) is 7.98. The summed E-state index contributed by atoms with van der Waals surface area (Å²) in [6.45, 7) is 6.56. The molecular formula is C19H19Cl2OTi. The predicted molar refractivity (Wildman–Crippen MR) is 84.4 cm³/mol. The van der Waals surface area contributed by atoms with Crippen LogP contribution in [0.15, 0.2) is 53.6 Å². The van der Waals surface area contributed by atoms with Crippen molar-refractivity contribution in [1.82, 2.24) is 0 Å². The SMILES string of the molecule is CC1=CCC(c2ccc3ccccc3c2C(C)[O][Ti+2])=C1C.[Cl-].[Cl-]. The number of rotatable bonds is 3. The van der Waals surface area contributed by atoms with E-state index in [4.69, 9.17) is 3.32 Å². The molecule has 23 heavy (non-hydrogen) atoms. The van der Waals surface area contributed by atoms with Crippen molar-refractivity contribution in [2.45, 2.75) is 33.3 Å². The third kappa shape index (κ3) is 3.75. The molecule has 1 unspecified atom stereocenters. The van der Waals surface area contributed by atoms with Crippen LogP contribution in [0.2, 0.25) is 0 Å². The fourth-order valence-corrected chi connectivity index (χ4v) is 3.35. The van der Waals surface area contributed by atoms with Gasteiger partial charge in [0.2, 0.25) is 0 Å². The Morgan fingerprint density at radius 3 is 2.35 bits per heavy atom. The van der Waals surface area contributed by atoms with Gasteiger partial charge in [0.25, 0.3) is 0 Å². The van der Waals surface area contributed by atoms with Crippen LogP contribution >= 0.6 is 0 Å². The molecule has 0 bridgehead atoms. The number of hydrogen-bond acceptors (Lipinski definition) is 1. The van der Waals surface area contributed by atoms with Crippen LogP contribution in [0.1, 0.15) is 44.4 Å². The Labute approximate surface area is 162 Å². The van der Waals surface area contributed by atoms with Gasteiger partial charge in [-0.1, -0.05) is 0 Å². The molecule has 1 aliphatic rings. The number of fused-ring (bicyclic) bond motifs is 1. The van der Waals surface area contributed by atoms with Gasteiger partial charge < -0.3 is 24.8 Å². The molecule has 1 aliphatic carbocycles. The monoisotopic (exact) mass is 381 g/mol. The summed E-state index contributed by atoms with van der Waals surface area (Å²) < 4.78 is 5.67. The summed E-state index contributed by atoms with van der Waals surface area (Å²) in [5, 5.41) is 2.58. The summed E-state index contributed by atoms with van der Waals surface area (Å²) in [6, 6.07) is 13.1. The molecule has 0 saturated heterocycles. The Kier molecular flexibility index (Phi) is 7.58. The van der Waals surface area contributed by atoms with Crippen LogP contribution in [0.25, 0.3) is 16.3 Å². The van der Waals surface area contributed by atoms with Crippen LogP contribution in [0.4, 0.5) is 0 Å². The Morgan fingerprint density at radius 2 is 1.74 bits per heavy atom. The zero-order chi connectivity index (χ0) is 15.0. The molecule has 1 atom stereocenters. The van der Waals surface area contributed by atoms with Crippen LogP contribution in [0, 0.1) is 0 Å². The maximum Gasteiger partial charge on any atom is -1.00 e. The molecule has 0 spiro atoms. The van der Waals surface area contributed by atoms with Gasteiger partial charge in [-0.3, -0.25) is 0 Å². The molecule has 2 aromatic rings. The fraction of sp³-hybridized carbons (Fsp3) is 0.263. The van der Waals surface area contributed by atoms with Crippen molar-refractivity contribution in [1.29, 1.82) is 0 Å². The maximum absolute atomic E-state index is 5.67. The number of benzene rings is 2. The summed E-state index contributed by atoms with van der Waals surface area (Å²) >= 11 is 1.79. The third-order valence-electron chi connectivity index (χ3n) is 4.54. The van der Waals surface area contributed by atoms with E-state index in [2.05, 4.69) is 63.2 Å². The molecule has 0 fully saturated rings. The van der Waals surface area contributed by atoms with Crippen molar-refractivity contribution in [3.63, 3.8) is 0 Å². The van der Waals surface area contributed by atoms with E-state index in [9.17, 15) is 0 Å². The van der Waals surface area contributed by atoms with Gasteiger partial charge in [0.15, 0.2) is 0 Å². The second-order valence-corrected chi connectivity index (χ2v) is 6.07. The molecule has 119 valence electrons. The van der Waals surface area contributed by atoms with Gasteiger partial charge in [-0.25, -0.2) is 0 Å². The van der Waals surface area contributed by atoms with Gasteiger partial charge >= 0.3 is 139 Å². The van der Waals surface area contributed by atoms with Gasteiger partial charge in [0.1, 0.15) is 0 Å². The van der Waals surface area contributed by atoms with Crippen molar-refractivity contribution in [2.24, 2.45) is 0 Å². The van der Waals surface area contributed by atoms with Crippen LogP contribution in [-0.4, -0.2) is 0 Å². The molecule has 0 aliphatic heterocycles. The molecule has 0 heterocycles. The Bertz CT molecular complexity index is 765. The van der Waals surface area contributed by atoms with Crippen molar-refractivity contribution in [3.05, 3.63) is 64.7 Å². The number of halogens is 2.